The monoisotopic (exact) mass is 300 g/mol. The van der Waals surface area contributed by atoms with E-state index < -0.39 is 0 Å². The van der Waals surface area contributed by atoms with E-state index in [4.69, 9.17) is 0 Å². The largest absolute Gasteiger partial charge is 0.396 e. The number of aliphatic hydroxyl groups is 1. The van der Waals surface area contributed by atoms with Crippen LogP contribution in [0.3, 0.4) is 0 Å². The smallest absolute Gasteiger partial charge is 0.0648 e. The predicted molar refractivity (Wildman–Crippen MR) is 87.0 cm³/mol. The fourth-order valence-electron chi connectivity index (χ4n) is 3.09. The van der Waals surface area contributed by atoms with Gasteiger partial charge in [0.1, 0.15) is 0 Å². The second kappa shape index (κ2) is 7.05. The van der Waals surface area contributed by atoms with Gasteiger partial charge in [0.25, 0.3) is 0 Å². The normalized spacial score (nSPS) is 20.4. The van der Waals surface area contributed by atoms with E-state index in [-0.39, 0.29) is 6.61 Å². The summed E-state index contributed by atoms with van der Waals surface area (Å²) in [7, 11) is 2.15. The van der Waals surface area contributed by atoms with Crippen molar-refractivity contribution in [2.24, 2.45) is 0 Å². The minimum Gasteiger partial charge on any atom is -0.396 e. The van der Waals surface area contributed by atoms with Gasteiger partial charge in [-0.1, -0.05) is 12.1 Å². The molecule has 5 nitrogen and oxygen atoms in total. The van der Waals surface area contributed by atoms with E-state index in [0.29, 0.717) is 6.04 Å². The van der Waals surface area contributed by atoms with Crippen molar-refractivity contribution in [2.45, 2.75) is 19.0 Å². The fourth-order valence-corrected chi connectivity index (χ4v) is 3.09. The molecule has 0 saturated carbocycles. The number of hydrogen-bond donors (Lipinski definition) is 1. The molecule has 5 heteroatoms. The lowest BCUT2D eigenvalue weighted by atomic mass is 10.1. The molecule has 2 aromatic rings. The maximum atomic E-state index is 9.20. The Labute approximate surface area is 131 Å². The molecule has 1 N–H and O–H groups in total. The number of hydrogen-bond acceptors (Lipinski definition) is 4. The number of nitrogens with zero attached hydrogens (tertiary/aromatic N) is 4. The van der Waals surface area contributed by atoms with Gasteiger partial charge in [0.15, 0.2) is 0 Å². The second-order valence-corrected chi connectivity index (χ2v) is 6.00. The van der Waals surface area contributed by atoms with Crippen molar-refractivity contribution in [1.29, 1.82) is 0 Å². The van der Waals surface area contributed by atoms with E-state index in [2.05, 4.69) is 46.2 Å². The summed E-state index contributed by atoms with van der Waals surface area (Å²) in [4.78, 5) is 4.83. The molecule has 0 aliphatic carbocycles. The molecule has 0 unspecified atom stereocenters. The van der Waals surface area contributed by atoms with Crippen molar-refractivity contribution in [1.82, 2.24) is 19.6 Å². The van der Waals surface area contributed by atoms with Gasteiger partial charge in [0.05, 0.1) is 5.69 Å². The van der Waals surface area contributed by atoms with Crippen molar-refractivity contribution in [2.75, 3.05) is 33.3 Å². The Hall–Kier alpha value is -1.69. The number of piperazine rings is 1. The minimum atomic E-state index is 0.262. The topological polar surface area (TPSA) is 44.5 Å². The van der Waals surface area contributed by atoms with Crippen LogP contribution in [0, 0.1) is 0 Å². The third-order valence-corrected chi connectivity index (χ3v) is 4.41. The van der Waals surface area contributed by atoms with Crippen molar-refractivity contribution in [3.05, 3.63) is 48.3 Å². The minimum absolute atomic E-state index is 0.262. The Morgan fingerprint density at radius 1 is 1.27 bits per heavy atom. The Bertz CT molecular complexity index is 584. The molecule has 0 radical (unpaired) electrons. The molecular formula is C17H24N4O. The highest BCUT2D eigenvalue weighted by atomic mass is 16.3. The molecule has 1 aliphatic rings. The lowest BCUT2D eigenvalue weighted by molar-refractivity contribution is 0.0743. The van der Waals surface area contributed by atoms with Crippen LogP contribution in [0.2, 0.25) is 0 Å². The maximum absolute atomic E-state index is 9.20. The van der Waals surface area contributed by atoms with E-state index in [1.807, 2.05) is 16.9 Å². The number of aromatic nitrogens is 2. The first kappa shape index (κ1) is 15.2. The van der Waals surface area contributed by atoms with Gasteiger partial charge in [0.2, 0.25) is 0 Å². The molecular weight excluding hydrogens is 276 g/mol. The van der Waals surface area contributed by atoms with E-state index in [9.17, 15) is 5.11 Å². The molecule has 1 aromatic heterocycles. The van der Waals surface area contributed by atoms with E-state index in [0.717, 1.165) is 38.3 Å². The van der Waals surface area contributed by atoms with Gasteiger partial charge in [-0.2, -0.15) is 5.10 Å². The van der Waals surface area contributed by atoms with Gasteiger partial charge >= 0.3 is 0 Å². The van der Waals surface area contributed by atoms with E-state index in [1.54, 1.807) is 6.20 Å². The molecule has 0 amide bonds. The highest BCUT2D eigenvalue weighted by molar-refractivity contribution is 5.35. The van der Waals surface area contributed by atoms with Crippen LogP contribution in [-0.2, 0) is 6.54 Å². The highest BCUT2D eigenvalue weighted by Gasteiger charge is 2.23. The second-order valence-electron chi connectivity index (χ2n) is 6.00. The van der Waals surface area contributed by atoms with Crippen LogP contribution in [0.15, 0.2) is 42.7 Å². The average Bonchev–Trinajstić information content (AvgIpc) is 3.06. The zero-order chi connectivity index (χ0) is 15.4. The molecule has 22 heavy (non-hydrogen) atoms. The van der Waals surface area contributed by atoms with Crippen molar-refractivity contribution >= 4 is 0 Å². The molecule has 0 spiro atoms. The molecule has 1 saturated heterocycles. The molecule has 118 valence electrons. The van der Waals surface area contributed by atoms with Gasteiger partial charge in [-0.05, 0) is 37.2 Å². The van der Waals surface area contributed by atoms with Gasteiger partial charge in [-0.25, -0.2) is 4.68 Å². The quantitative estimate of drug-likeness (QED) is 0.906. The summed E-state index contributed by atoms with van der Waals surface area (Å²) in [5.41, 5.74) is 2.41. The maximum Gasteiger partial charge on any atom is 0.0648 e. The zero-order valence-corrected chi connectivity index (χ0v) is 13.1. The van der Waals surface area contributed by atoms with E-state index in [1.165, 1.54) is 5.56 Å². The lowest BCUT2D eigenvalue weighted by Gasteiger charge is -2.39. The Balaban J connectivity index is 1.67. The summed E-state index contributed by atoms with van der Waals surface area (Å²) >= 11 is 0. The molecule has 1 aromatic carbocycles. The SMILES string of the molecule is CN1CCN(Cc2cccc(-n3cccn3)c2)C[C@H]1CCO. The summed E-state index contributed by atoms with van der Waals surface area (Å²) < 4.78 is 1.89. The summed E-state index contributed by atoms with van der Waals surface area (Å²) in [5.74, 6) is 0. The predicted octanol–water partition coefficient (Wildman–Crippen LogP) is 1.37. The Kier molecular flexibility index (Phi) is 4.87. The van der Waals surface area contributed by atoms with Crippen LogP contribution in [0.4, 0.5) is 0 Å². The van der Waals surface area contributed by atoms with Crippen LogP contribution < -0.4 is 0 Å². The van der Waals surface area contributed by atoms with Gasteiger partial charge in [0, 0.05) is 51.2 Å². The van der Waals surface area contributed by atoms with Crippen LogP contribution >= 0.6 is 0 Å². The first-order chi connectivity index (χ1) is 10.8. The first-order valence-corrected chi connectivity index (χ1v) is 7.88. The Morgan fingerprint density at radius 3 is 2.95 bits per heavy atom. The third kappa shape index (κ3) is 3.55. The fraction of sp³-hybridized carbons (Fsp3) is 0.471. The summed E-state index contributed by atoms with van der Waals surface area (Å²) in [5, 5.41) is 13.5. The van der Waals surface area contributed by atoms with Crippen molar-refractivity contribution < 1.29 is 5.11 Å². The van der Waals surface area contributed by atoms with Gasteiger partial charge in [-0.3, -0.25) is 4.90 Å². The van der Waals surface area contributed by atoms with Gasteiger partial charge < -0.3 is 10.0 Å². The number of benzene rings is 1. The molecule has 3 rings (SSSR count). The van der Waals surface area contributed by atoms with E-state index >= 15 is 0 Å². The highest BCUT2D eigenvalue weighted by Crippen LogP contribution is 2.16. The van der Waals surface area contributed by atoms with Crippen molar-refractivity contribution in [3.63, 3.8) is 0 Å². The van der Waals surface area contributed by atoms with Crippen LogP contribution in [0.1, 0.15) is 12.0 Å². The molecule has 1 fully saturated rings. The molecule has 1 atom stereocenters. The van der Waals surface area contributed by atoms with Crippen LogP contribution in [0.25, 0.3) is 5.69 Å². The molecule has 1 aliphatic heterocycles. The van der Waals surface area contributed by atoms with Crippen LogP contribution in [0.5, 0.6) is 0 Å². The van der Waals surface area contributed by atoms with Crippen LogP contribution in [-0.4, -0.2) is 64.0 Å². The first-order valence-electron chi connectivity index (χ1n) is 7.88. The standard InChI is InChI=1S/C17H24N4O/c1-19-9-10-20(14-17(19)6-11-22)13-15-4-2-5-16(12-15)21-8-3-7-18-21/h2-5,7-8,12,17,22H,6,9-11,13-14H2,1H3/t17-/m1/s1. The van der Waals surface area contributed by atoms with Crippen molar-refractivity contribution in [3.8, 4) is 5.69 Å². The number of rotatable bonds is 5. The Morgan fingerprint density at radius 2 is 2.18 bits per heavy atom. The number of aliphatic hydroxyl groups excluding tert-OH is 1. The summed E-state index contributed by atoms with van der Waals surface area (Å²) in [6, 6.07) is 10.9. The number of likely N-dealkylation sites (N-methyl/N-ethyl adjacent to an activating group) is 1. The van der Waals surface area contributed by atoms with Gasteiger partial charge in [-0.15, -0.1) is 0 Å². The lowest BCUT2D eigenvalue weighted by Crippen LogP contribution is -2.51. The third-order valence-electron chi connectivity index (χ3n) is 4.41. The summed E-state index contributed by atoms with van der Waals surface area (Å²) in [6.45, 7) is 4.36. The molecule has 0 bridgehead atoms. The molecule has 2 heterocycles. The average molecular weight is 300 g/mol. The zero-order valence-electron chi connectivity index (χ0n) is 13.1. The summed E-state index contributed by atoms with van der Waals surface area (Å²) in [6.07, 6.45) is 4.61.